The Labute approximate surface area is 163 Å². The molecule has 1 aliphatic heterocycles. The number of fused-ring (bicyclic) bond motifs is 1. The zero-order valence-corrected chi connectivity index (χ0v) is 16.0. The molecule has 0 aromatic heterocycles. The first-order valence-electron chi connectivity index (χ1n) is 8.90. The van der Waals surface area contributed by atoms with Crippen LogP contribution in [0.2, 0.25) is 0 Å². The monoisotopic (exact) mass is 382 g/mol. The van der Waals surface area contributed by atoms with Crippen LogP contribution in [0.4, 0.5) is 11.4 Å². The molecule has 7 heteroatoms. The van der Waals surface area contributed by atoms with Gasteiger partial charge in [0.05, 0.1) is 18.4 Å². The summed E-state index contributed by atoms with van der Waals surface area (Å²) in [6, 6.07) is 13.7. The summed E-state index contributed by atoms with van der Waals surface area (Å²) in [6.45, 7) is 3.65. The van der Waals surface area contributed by atoms with Crippen molar-refractivity contribution in [3.63, 3.8) is 0 Å². The summed E-state index contributed by atoms with van der Waals surface area (Å²) in [5.74, 6) is -0.252. The third-order valence-corrected chi connectivity index (χ3v) is 4.43. The van der Waals surface area contributed by atoms with Crippen molar-refractivity contribution >= 4 is 29.2 Å². The Bertz CT molecular complexity index is 905. The number of rotatable bonds is 5. The van der Waals surface area contributed by atoms with Crippen LogP contribution in [-0.2, 0) is 14.3 Å². The highest BCUT2D eigenvalue weighted by atomic mass is 16.5. The van der Waals surface area contributed by atoms with Crippen molar-refractivity contribution in [2.45, 2.75) is 25.9 Å². The van der Waals surface area contributed by atoms with E-state index in [9.17, 15) is 14.4 Å². The van der Waals surface area contributed by atoms with E-state index in [0.29, 0.717) is 22.7 Å². The topological polar surface area (TPSA) is 84.9 Å². The van der Waals surface area contributed by atoms with Gasteiger partial charge in [-0.05, 0) is 50.2 Å². The van der Waals surface area contributed by atoms with Crippen LogP contribution in [0, 0.1) is 0 Å². The van der Waals surface area contributed by atoms with Crippen LogP contribution in [0.25, 0.3) is 0 Å². The van der Waals surface area contributed by atoms with Gasteiger partial charge >= 0.3 is 5.97 Å². The van der Waals surface area contributed by atoms with Crippen LogP contribution in [0.1, 0.15) is 30.6 Å². The van der Waals surface area contributed by atoms with Crippen molar-refractivity contribution in [3.05, 3.63) is 54.1 Å². The Kier molecular flexibility index (Phi) is 5.35. The Balaban J connectivity index is 1.65. The number of methoxy groups -OCH3 is 1. The number of hydrogen-bond donors (Lipinski definition) is 1. The van der Waals surface area contributed by atoms with Crippen LogP contribution >= 0.6 is 0 Å². The summed E-state index contributed by atoms with van der Waals surface area (Å²) < 4.78 is 10.4. The maximum absolute atomic E-state index is 12.7. The molecule has 0 saturated carbocycles. The summed E-state index contributed by atoms with van der Waals surface area (Å²) in [6.07, 6.45) is 0.120. The molecule has 146 valence electrons. The van der Waals surface area contributed by atoms with E-state index in [2.05, 4.69) is 10.1 Å². The lowest BCUT2D eigenvalue weighted by Gasteiger charge is -2.38. The van der Waals surface area contributed by atoms with Gasteiger partial charge in [0.15, 0.2) is 5.60 Å². The zero-order chi connectivity index (χ0) is 20.3. The molecule has 0 bridgehead atoms. The van der Waals surface area contributed by atoms with E-state index < -0.39 is 11.6 Å². The number of hydrogen-bond acceptors (Lipinski definition) is 5. The molecule has 0 aliphatic carbocycles. The van der Waals surface area contributed by atoms with Gasteiger partial charge in [-0.15, -0.1) is 0 Å². The Hall–Kier alpha value is -3.35. The van der Waals surface area contributed by atoms with E-state index in [1.165, 1.54) is 7.11 Å². The molecule has 2 aromatic carbocycles. The summed E-state index contributed by atoms with van der Waals surface area (Å²) in [4.78, 5) is 38.1. The number of amides is 2. The van der Waals surface area contributed by atoms with Gasteiger partial charge in [0.25, 0.3) is 5.91 Å². The van der Waals surface area contributed by atoms with Gasteiger partial charge in [0, 0.05) is 18.7 Å². The Morgan fingerprint density at radius 1 is 1.11 bits per heavy atom. The molecule has 3 rings (SSSR count). The number of nitrogens with one attached hydrogen (secondary N) is 1. The number of esters is 1. The van der Waals surface area contributed by atoms with E-state index in [1.807, 2.05) is 12.1 Å². The van der Waals surface area contributed by atoms with Crippen molar-refractivity contribution in [1.82, 2.24) is 0 Å². The molecule has 0 fully saturated rings. The number of carbonyl (C=O) groups excluding carboxylic acids is 3. The molecule has 1 heterocycles. The fourth-order valence-electron chi connectivity index (χ4n) is 2.99. The lowest BCUT2D eigenvalue weighted by atomic mass is 10.0. The van der Waals surface area contributed by atoms with Crippen LogP contribution in [-0.4, -0.2) is 37.0 Å². The first-order valence-corrected chi connectivity index (χ1v) is 8.90. The molecule has 2 aromatic rings. The van der Waals surface area contributed by atoms with Gasteiger partial charge in [-0.25, -0.2) is 4.79 Å². The lowest BCUT2D eigenvalue weighted by Crippen LogP contribution is -2.53. The van der Waals surface area contributed by atoms with Gasteiger partial charge < -0.3 is 19.7 Å². The predicted octanol–water partition coefficient (Wildman–Crippen LogP) is 3.01. The molecule has 1 N–H and O–H groups in total. The van der Waals surface area contributed by atoms with E-state index in [4.69, 9.17) is 4.74 Å². The van der Waals surface area contributed by atoms with Gasteiger partial charge in [-0.3, -0.25) is 9.59 Å². The second-order valence-electron chi connectivity index (χ2n) is 6.90. The lowest BCUT2D eigenvalue weighted by molar-refractivity contribution is -0.132. The van der Waals surface area contributed by atoms with Gasteiger partial charge in [0.1, 0.15) is 5.75 Å². The zero-order valence-electron chi connectivity index (χ0n) is 16.0. The van der Waals surface area contributed by atoms with Gasteiger partial charge in [-0.2, -0.15) is 0 Å². The number of para-hydroxylation sites is 2. The minimum atomic E-state index is -0.992. The smallest absolute Gasteiger partial charge is 0.337 e. The molecule has 7 nitrogen and oxygen atoms in total. The molecule has 1 aliphatic rings. The summed E-state index contributed by atoms with van der Waals surface area (Å²) in [7, 11) is 1.31. The second kappa shape index (κ2) is 7.72. The van der Waals surface area contributed by atoms with E-state index in [0.717, 1.165) is 0 Å². The number of anilines is 2. The molecule has 0 unspecified atom stereocenters. The summed E-state index contributed by atoms with van der Waals surface area (Å²) >= 11 is 0. The highest BCUT2D eigenvalue weighted by Crippen LogP contribution is 2.37. The second-order valence-corrected chi connectivity index (χ2v) is 6.90. The third-order valence-electron chi connectivity index (χ3n) is 4.43. The van der Waals surface area contributed by atoms with Crippen molar-refractivity contribution in [1.29, 1.82) is 0 Å². The standard InChI is InChI=1S/C21H22N2O5/c1-21(2)20(26)23(16-6-4-5-7-17(16)28-21)13-12-18(24)22-15-10-8-14(9-11-15)19(25)27-3/h4-11H,12-13H2,1-3H3,(H,22,24). The molecule has 0 atom stereocenters. The van der Waals surface area contributed by atoms with Gasteiger partial charge in [0.2, 0.25) is 5.91 Å². The number of benzene rings is 2. The minimum absolute atomic E-state index is 0.120. The fourth-order valence-corrected chi connectivity index (χ4v) is 2.99. The average Bonchev–Trinajstić information content (AvgIpc) is 2.68. The third kappa shape index (κ3) is 3.98. The highest BCUT2D eigenvalue weighted by molar-refractivity contribution is 6.03. The Morgan fingerprint density at radius 2 is 1.79 bits per heavy atom. The van der Waals surface area contributed by atoms with Crippen LogP contribution in [0.5, 0.6) is 5.75 Å². The normalized spacial score (nSPS) is 14.7. The van der Waals surface area contributed by atoms with Crippen LogP contribution in [0.3, 0.4) is 0 Å². The number of nitrogens with zero attached hydrogens (tertiary/aromatic N) is 1. The van der Waals surface area contributed by atoms with Crippen molar-refractivity contribution in [3.8, 4) is 5.75 Å². The van der Waals surface area contributed by atoms with E-state index >= 15 is 0 Å². The van der Waals surface area contributed by atoms with E-state index in [1.54, 1.807) is 55.1 Å². The molecule has 0 saturated heterocycles. The summed E-state index contributed by atoms with van der Waals surface area (Å²) in [5, 5.41) is 2.76. The number of ether oxygens (including phenoxy) is 2. The quantitative estimate of drug-likeness (QED) is 0.804. The molecule has 0 radical (unpaired) electrons. The maximum Gasteiger partial charge on any atom is 0.337 e. The highest BCUT2D eigenvalue weighted by Gasteiger charge is 2.40. The largest absolute Gasteiger partial charge is 0.476 e. The predicted molar refractivity (Wildman–Crippen MR) is 105 cm³/mol. The minimum Gasteiger partial charge on any atom is -0.476 e. The molecule has 0 spiro atoms. The maximum atomic E-state index is 12.7. The van der Waals surface area contributed by atoms with Crippen LogP contribution < -0.4 is 15.0 Å². The molecule has 2 amide bonds. The Morgan fingerprint density at radius 3 is 2.46 bits per heavy atom. The first kappa shape index (κ1) is 19.4. The SMILES string of the molecule is COC(=O)c1ccc(NC(=O)CCN2C(=O)C(C)(C)Oc3ccccc32)cc1. The fraction of sp³-hybridized carbons (Fsp3) is 0.286. The first-order chi connectivity index (χ1) is 13.3. The van der Waals surface area contributed by atoms with Crippen molar-refractivity contribution in [2.75, 3.05) is 23.9 Å². The number of carbonyl (C=O) groups is 3. The summed E-state index contributed by atoms with van der Waals surface area (Å²) in [5.41, 5.74) is 0.626. The van der Waals surface area contributed by atoms with Crippen molar-refractivity contribution < 1.29 is 23.9 Å². The molecular weight excluding hydrogens is 360 g/mol. The van der Waals surface area contributed by atoms with Gasteiger partial charge in [-0.1, -0.05) is 12.1 Å². The average molecular weight is 382 g/mol. The molecular formula is C21H22N2O5. The van der Waals surface area contributed by atoms with E-state index in [-0.39, 0.29) is 24.8 Å². The van der Waals surface area contributed by atoms with Crippen LogP contribution in [0.15, 0.2) is 48.5 Å². The van der Waals surface area contributed by atoms with Crippen molar-refractivity contribution in [2.24, 2.45) is 0 Å². The molecule has 28 heavy (non-hydrogen) atoms.